The summed E-state index contributed by atoms with van der Waals surface area (Å²) < 4.78 is 5.25. The van der Waals surface area contributed by atoms with E-state index in [9.17, 15) is 4.79 Å². The number of nitrogens with one attached hydrogen (secondary N) is 2. The highest BCUT2D eigenvalue weighted by atomic mass is 32.1. The van der Waals surface area contributed by atoms with E-state index < -0.39 is 0 Å². The summed E-state index contributed by atoms with van der Waals surface area (Å²) in [6, 6.07) is 3.65. The molecule has 2 rings (SSSR count). The largest absolute Gasteiger partial charge is 0.463 e. The molecule has 1 unspecified atom stereocenters. The Morgan fingerprint density at radius 2 is 2.44 bits per heavy atom. The Morgan fingerprint density at radius 1 is 1.61 bits per heavy atom. The summed E-state index contributed by atoms with van der Waals surface area (Å²) in [5.74, 6) is 0.575. The predicted molar refractivity (Wildman–Crippen MR) is 71.5 cm³/mol. The van der Waals surface area contributed by atoms with Gasteiger partial charge in [0, 0.05) is 17.8 Å². The standard InChI is InChI=1S/C12H15N3O2S/c1-8(6-13-2)11(16)15-12-14-9(7-18-12)10-4-3-5-17-10/h3-5,7-8,13H,6H2,1-2H3,(H,14,15,16). The van der Waals surface area contributed by atoms with Crippen LogP contribution in [0.15, 0.2) is 28.2 Å². The van der Waals surface area contributed by atoms with Crippen molar-refractivity contribution in [3.63, 3.8) is 0 Å². The second-order valence-electron chi connectivity index (χ2n) is 3.96. The van der Waals surface area contributed by atoms with Crippen molar-refractivity contribution in [2.24, 2.45) is 5.92 Å². The zero-order valence-corrected chi connectivity index (χ0v) is 11.1. The van der Waals surface area contributed by atoms with Crippen LogP contribution in [-0.2, 0) is 4.79 Å². The van der Waals surface area contributed by atoms with Gasteiger partial charge in [-0.25, -0.2) is 4.98 Å². The summed E-state index contributed by atoms with van der Waals surface area (Å²) in [6.07, 6.45) is 1.60. The van der Waals surface area contributed by atoms with Gasteiger partial charge in [0.25, 0.3) is 0 Å². The minimum atomic E-state index is -0.0917. The van der Waals surface area contributed by atoms with E-state index in [2.05, 4.69) is 15.6 Å². The molecule has 0 aromatic carbocycles. The van der Waals surface area contributed by atoms with Crippen molar-refractivity contribution in [3.05, 3.63) is 23.8 Å². The first-order valence-electron chi connectivity index (χ1n) is 5.65. The van der Waals surface area contributed by atoms with E-state index in [4.69, 9.17) is 4.42 Å². The molecule has 0 spiro atoms. The van der Waals surface area contributed by atoms with Gasteiger partial charge in [-0.15, -0.1) is 11.3 Å². The minimum absolute atomic E-state index is 0.0373. The molecule has 1 atom stereocenters. The van der Waals surface area contributed by atoms with Crippen molar-refractivity contribution in [1.29, 1.82) is 0 Å². The molecule has 0 saturated carbocycles. The summed E-state index contributed by atoms with van der Waals surface area (Å²) in [4.78, 5) is 16.1. The Bertz CT molecular complexity index is 507. The van der Waals surface area contributed by atoms with Crippen LogP contribution in [0.4, 0.5) is 5.13 Å². The number of anilines is 1. The van der Waals surface area contributed by atoms with Crippen LogP contribution in [0.1, 0.15) is 6.92 Å². The molecule has 1 amide bonds. The van der Waals surface area contributed by atoms with E-state index in [0.717, 1.165) is 5.69 Å². The molecule has 18 heavy (non-hydrogen) atoms. The number of carbonyl (C=O) groups excluding carboxylic acids is 1. The monoisotopic (exact) mass is 265 g/mol. The van der Waals surface area contributed by atoms with E-state index in [1.807, 2.05) is 31.5 Å². The first-order chi connectivity index (χ1) is 8.70. The van der Waals surface area contributed by atoms with Gasteiger partial charge >= 0.3 is 0 Å². The molecule has 96 valence electrons. The molecule has 0 radical (unpaired) electrons. The molecular formula is C12H15N3O2S. The summed E-state index contributed by atoms with van der Waals surface area (Å²) >= 11 is 1.39. The third-order valence-electron chi connectivity index (χ3n) is 2.47. The Balaban J connectivity index is 2.01. The maximum absolute atomic E-state index is 11.8. The van der Waals surface area contributed by atoms with Crippen LogP contribution >= 0.6 is 11.3 Å². The number of hydrogen-bond donors (Lipinski definition) is 2. The Morgan fingerprint density at radius 3 is 3.11 bits per heavy atom. The number of furan rings is 1. The van der Waals surface area contributed by atoms with Crippen molar-refractivity contribution in [3.8, 4) is 11.5 Å². The lowest BCUT2D eigenvalue weighted by Crippen LogP contribution is -2.28. The predicted octanol–water partition coefficient (Wildman–Crippen LogP) is 2.20. The van der Waals surface area contributed by atoms with Gasteiger partial charge in [-0.2, -0.15) is 0 Å². The van der Waals surface area contributed by atoms with Crippen molar-refractivity contribution >= 4 is 22.4 Å². The Kier molecular flexibility index (Phi) is 4.11. The lowest BCUT2D eigenvalue weighted by molar-refractivity contribution is -0.119. The van der Waals surface area contributed by atoms with E-state index in [-0.39, 0.29) is 11.8 Å². The topological polar surface area (TPSA) is 67.2 Å². The SMILES string of the molecule is CNCC(C)C(=O)Nc1nc(-c2ccco2)cs1. The fourth-order valence-electron chi connectivity index (χ4n) is 1.50. The smallest absolute Gasteiger partial charge is 0.230 e. The second-order valence-corrected chi connectivity index (χ2v) is 4.82. The highest BCUT2D eigenvalue weighted by molar-refractivity contribution is 7.14. The number of aromatic nitrogens is 1. The van der Waals surface area contributed by atoms with Gasteiger partial charge in [-0.1, -0.05) is 6.92 Å². The first kappa shape index (κ1) is 12.8. The van der Waals surface area contributed by atoms with Gasteiger partial charge in [0.1, 0.15) is 5.69 Å². The quantitative estimate of drug-likeness (QED) is 0.869. The van der Waals surface area contributed by atoms with Gasteiger partial charge in [-0.05, 0) is 19.2 Å². The molecule has 0 aliphatic heterocycles. The molecule has 2 N–H and O–H groups in total. The molecule has 2 aromatic heterocycles. The molecular weight excluding hydrogens is 250 g/mol. The molecule has 0 aliphatic carbocycles. The number of carbonyl (C=O) groups is 1. The van der Waals surface area contributed by atoms with Gasteiger partial charge in [0.05, 0.1) is 6.26 Å². The van der Waals surface area contributed by atoms with Crippen LogP contribution < -0.4 is 10.6 Å². The van der Waals surface area contributed by atoms with Crippen LogP contribution in [0.3, 0.4) is 0 Å². The molecule has 0 aliphatic rings. The number of nitrogens with zero attached hydrogens (tertiary/aromatic N) is 1. The Hall–Kier alpha value is -1.66. The molecule has 0 saturated heterocycles. The summed E-state index contributed by atoms with van der Waals surface area (Å²) in [7, 11) is 1.82. The van der Waals surface area contributed by atoms with Crippen LogP contribution in [0.25, 0.3) is 11.5 Å². The summed E-state index contributed by atoms with van der Waals surface area (Å²) in [6.45, 7) is 2.51. The second kappa shape index (κ2) is 5.79. The average Bonchev–Trinajstić information content (AvgIpc) is 2.98. The number of rotatable bonds is 5. The molecule has 6 heteroatoms. The van der Waals surface area contributed by atoms with E-state index in [1.165, 1.54) is 11.3 Å². The highest BCUT2D eigenvalue weighted by Crippen LogP contribution is 2.25. The third kappa shape index (κ3) is 2.96. The Labute approximate surface area is 109 Å². The van der Waals surface area contributed by atoms with Crippen molar-refractivity contribution in [1.82, 2.24) is 10.3 Å². The van der Waals surface area contributed by atoms with Crippen molar-refractivity contribution in [2.75, 3.05) is 18.9 Å². The first-order valence-corrected chi connectivity index (χ1v) is 6.53. The van der Waals surface area contributed by atoms with Crippen molar-refractivity contribution in [2.45, 2.75) is 6.92 Å². The van der Waals surface area contributed by atoms with Gasteiger partial charge in [0.2, 0.25) is 5.91 Å². The highest BCUT2D eigenvalue weighted by Gasteiger charge is 2.14. The average molecular weight is 265 g/mol. The zero-order chi connectivity index (χ0) is 13.0. The lowest BCUT2D eigenvalue weighted by Gasteiger charge is -2.09. The fourth-order valence-corrected chi connectivity index (χ4v) is 2.20. The minimum Gasteiger partial charge on any atom is -0.463 e. The van der Waals surface area contributed by atoms with Crippen molar-refractivity contribution < 1.29 is 9.21 Å². The summed E-state index contributed by atoms with van der Waals surface area (Å²) in [5, 5.41) is 8.21. The van der Waals surface area contributed by atoms with Gasteiger partial charge < -0.3 is 15.1 Å². The summed E-state index contributed by atoms with van der Waals surface area (Å²) in [5.41, 5.74) is 0.738. The number of thiazole rings is 1. The van der Waals surface area contributed by atoms with Crippen LogP contribution in [0, 0.1) is 5.92 Å². The third-order valence-corrected chi connectivity index (χ3v) is 3.22. The zero-order valence-electron chi connectivity index (χ0n) is 10.3. The molecule has 0 fully saturated rings. The molecule has 5 nitrogen and oxygen atoms in total. The van der Waals surface area contributed by atoms with E-state index in [0.29, 0.717) is 17.4 Å². The maximum atomic E-state index is 11.8. The molecule has 2 heterocycles. The molecule has 2 aromatic rings. The van der Waals surface area contributed by atoms with E-state index in [1.54, 1.807) is 6.26 Å². The number of amides is 1. The number of hydrogen-bond acceptors (Lipinski definition) is 5. The normalized spacial score (nSPS) is 12.3. The van der Waals surface area contributed by atoms with Crippen LogP contribution in [-0.4, -0.2) is 24.5 Å². The van der Waals surface area contributed by atoms with Crippen LogP contribution in [0.5, 0.6) is 0 Å². The lowest BCUT2D eigenvalue weighted by atomic mass is 10.2. The van der Waals surface area contributed by atoms with E-state index >= 15 is 0 Å². The van der Waals surface area contributed by atoms with Gasteiger partial charge in [-0.3, -0.25) is 4.79 Å². The fraction of sp³-hybridized carbons (Fsp3) is 0.333. The maximum Gasteiger partial charge on any atom is 0.230 e. The molecule has 0 bridgehead atoms. The van der Waals surface area contributed by atoms with Gasteiger partial charge in [0.15, 0.2) is 10.9 Å². The van der Waals surface area contributed by atoms with Crippen LogP contribution in [0.2, 0.25) is 0 Å².